The Bertz CT molecular complexity index is 483. The minimum absolute atomic E-state index is 0.188. The maximum Gasteiger partial charge on any atom is 0.272 e. The predicted molar refractivity (Wildman–Crippen MR) is 75.9 cm³/mol. The molecule has 1 N–H and O–H groups in total. The fraction of sp³-hybridized carbons (Fsp3) is 0.600. The van der Waals surface area contributed by atoms with E-state index < -0.39 is 10.7 Å². The third kappa shape index (κ3) is 4.00. The van der Waals surface area contributed by atoms with Crippen LogP contribution in [0.25, 0.3) is 0 Å². The van der Waals surface area contributed by atoms with Crippen molar-refractivity contribution in [3.05, 3.63) is 39.7 Å². The highest BCUT2D eigenvalue weighted by Gasteiger charge is 2.23. The third-order valence-corrected chi connectivity index (χ3v) is 3.93. The molecule has 1 saturated carbocycles. The van der Waals surface area contributed by atoms with E-state index in [1.807, 2.05) is 0 Å². The zero-order valence-corrected chi connectivity index (χ0v) is 11.9. The molecule has 0 bridgehead atoms. The van der Waals surface area contributed by atoms with E-state index in [2.05, 4.69) is 19.2 Å². The summed E-state index contributed by atoms with van der Waals surface area (Å²) in [5, 5.41) is 14.1. The Morgan fingerprint density at radius 3 is 2.50 bits per heavy atom. The first-order valence-corrected chi connectivity index (χ1v) is 7.11. The number of halogens is 1. The summed E-state index contributed by atoms with van der Waals surface area (Å²) < 4.78 is 13.3. The van der Waals surface area contributed by atoms with Crippen LogP contribution in [0.4, 0.5) is 10.1 Å². The van der Waals surface area contributed by atoms with Crippen molar-refractivity contribution in [1.82, 2.24) is 5.32 Å². The molecular weight excluding hydrogens is 259 g/mol. The van der Waals surface area contributed by atoms with Gasteiger partial charge in [-0.2, -0.15) is 0 Å². The fourth-order valence-corrected chi connectivity index (χ4v) is 3.22. The molecule has 2 atom stereocenters. The molecule has 1 aromatic carbocycles. The van der Waals surface area contributed by atoms with Gasteiger partial charge in [0, 0.05) is 18.7 Å². The van der Waals surface area contributed by atoms with Gasteiger partial charge in [0.05, 0.1) is 11.0 Å². The summed E-state index contributed by atoms with van der Waals surface area (Å²) in [7, 11) is 0. The molecule has 5 heteroatoms. The van der Waals surface area contributed by atoms with Crippen LogP contribution in [0.3, 0.4) is 0 Å². The molecule has 2 rings (SSSR count). The van der Waals surface area contributed by atoms with Gasteiger partial charge in [-0.05, 0) is 42.7 Å². The molecule has 4 nitrogen and oxygen atoms in total. The molecule has 0 aliphatic heterocycles. The van der Waals surface area contributed by atoms with Crippen molar-refractivity contribution in [3.8, 4) is 0 Å². The quantitative estimate of drug-likeness (QED) is 0.676. The number of nitro groups is 1. The summed E-state index contributed by atoms with van der Waals surface area (Å²) in [6, 6.07) is 4.16. The highest BCUT2D eigenvalue weighted by Crippen LogP contribution is 2.28. The molecule has 110 valence electrons. The van der Waals surface area contributed by atoms with Crippen molar-refractivity contribution in [1.29, 1.82) is 0 Å². The maximum atomic E-state index is 13.3. The molecule has 1 aromatic rings. The second-order valence-corrected chi connectivity index (χ2v) is 6.07. The Labute approximate surface area is 118 Å². The molecule has 20 heavy (non-hydrogen) atoms. The Kier molecular flexibility index (Phi) is 4.70. The van der Waals surface area contributed by atoms with Gasteiger partial charge < -0.3 is 5.32 Å². The average Bonchev–Trinajstić information content (AvgIpc) is 2.34. The smallest absolute Gasteiger partial charge is 0.272 e. The predicted octanol–water partition coefficient (Wildman–Crippen LogP) is 3.65. The highest BCUT2D eigenvalue weighted by atomic mass is 19.1. The van der Waals surface area contributed by atoms with E-state index in [9.17, 15) is 14.5 Å². The monoisotopic (exact) mass is 280 g/mol. The second-order valence-electron chi connectivity index (χ2n) is 6.07. The molecule has 1 aliphatic carbocycles. The van der Waals surface area contributed by atoms with Crippen molar-refractivity contribution < 1.29 is 9.31 Å². The van der Waals surface area contributed by atoms with Crippen LogP contribution in [0.1, 0.15) is 38.7 Å². The summed E-state index contributed by atoms with van der Waals surface area (Å²) in [5.74, 6) is 0.831. The van der Waals surface area contributed by atoms with Gasteiger partial charge in [-0.3, -0.25) is 10.1 Å². The Morgan fingerprint density at radius 1 is 1.25 bits per heavy atom. The summed E-state index contributed by atoms with van der Waals surface area (Å²) in [6.07, 6.45) is 3.48. The molecule has 0 spiro atoms. The lowest BCUT2D eigenvalue weighted by atomic mass is 9.80. The molecule has 0 amide bonds. The van der Waals surface area contributed by atoms with Crippen LogP contribution in [-0.4, -0.2) is 11.0 Å². The number of hydrogen-bond donors (Lipinski definition) is 1. The number of hydrogen-bond acceptors (Lipinski definition) is 3. The molecule has 1 fully saturated rings. The zero-order valence-electron chi connectivity index (χ0n) is 11.9. The van der Waals surface area contributed by atoms with Gasteiger partial charge in [0.1, 0.15) is 5.82 Å². The molecule has 0 heterocycles. The number of benzene rings is 1. The van der Waals surface area contributed by atoms with Crippen LogP contribution in [-0.2, 0) is 6.54 Å². The topological polar surface area (TPSA) is 55.2 Å². The SMILES string of the molecule is CC1CC(C)CC(NCc2cc(F)cc([N+](=O)[O-])c2)C1. The number of non-ortho nitro benzene ring substituents is 1. The van der Waals surface area contributed by atoms with E-state index in [1.54, 1.807) is 0 Å². The molecule has 0 aromatic heterocycles. The Hall–Kier alpha value is -1.49. The van der Waals surface area contributed by atoms with Crippen molar-refractivity contribution >= 4 is 5.69 Å². The van der Waals surface area contributed by atoms with Crippen molar-refractivity contribution in [2.45, 2.75) is 45.7 Å². The number of rotatable bonds is 4. The average molecular weight is 280 g/mol. The first-order chi connectivity index (χ1) is 9.44. The fourth-order valence-electron chi connectivity index (χ4n) is 3.22. The second kappa shape index (κ2) is 6.31. The van der Waals surface area contributed by atoms with Crippen LogP contribution in [0.15, 0.2) is 18.2 Å². The highest BCUT2D eigenvalue weighted by molar-refractivity contribution is 5.35. The third-order valence-electron chi connectivity index (χ3n) is 3.93. The lowest BCUT2D eigenvalue weighted by Crippen LogP contribution is -2.35. The van der Waals surface area contributed by atoms with Gasteiger partial charge in [-0.15, -0.1) is 0 Å². The summed E-state index contributed by atoms with van der Waals surface area (Å²) in [5.41, 5.74) is 0.440. The summed E-state index contributed by atoms with van der Waals surface area (Å²) in [6.45, 7) is 4.97. The van der Waals surface area contributed by atoms with E-state index >= 15 is 0 Å². The normalized spacial score (nSPS) is 26.4. The van der Waals surface area contributed by atoms with Crippen LogP contribution >= 0.6 is 0 Å². The van der Waals surface area contributed by atoms with E-state index in [0.717, 1.165) is 18.9 Å². The maximum absolute atomic E-state index is 13.3. The van der Waals surface area contributed by atoms with Crippen molar-refractivity contribution in [2.75, 3.05) is 0 Å². The van der Waals surface area contributed by atoms with Crippen molar-refractivity contribution in [3.63, 3.8) is 0 Å². The lowest BCUT2D eigenvalue weighted by Gasteiger charge is -2.32. The van der Waals surface area contributed by atoms with Crippen molar-refractivity contribution in [2.24, 2.45) is 11.8 Å². The van der Waals surface area contributed by atoms with E-state index in [4.69, 9.17) is 0 Å². The molecule has 2 unspecified atom stereocenters. The van der Waals surface area contributed by atoms with Crippen LogP contribution < -0.4 is 5.32 Å². The minimum Gasteiger partial charge on any atom is -0.310 e. The minimum atomic E-state index is -0.558. The molecule has 1 aliphatic rings. The molecule has 0 saturated heterocycles. The van der Waals surface area contributed by atoms with Gasteiger partial charge in [0.25, 0.3) is 5.69 Å². The van der Waals surface area contributed by atoms with Gasteiger partial charge >= 0.3 is 0 Å². The molecular formula is C15H21FN2O2. The standard InChI is InChI=1S/C15H21FN2O2/c1-10-3-11(2)5-14(4-10)17-9-12-6-13(16)8-15(7-12)18(19)20/h6-8,10-11,14,17H,3-5,9H2,1-2H3. The van der Waals surface area contributed by atoms with E-state index in [-0.39, 0.29) is 5.69 Å². The van der Waals surface area contributed by atoms with Gasteiger partial charge in [0.15, 0.2) is 0 Å². The number of nitrogens with one attached hydrogen (secondary N) is 1. The van der Waals surface area contributed by atoms with Gasteiger partial charge in [-0.25, -0.2) is 4.39 Å². The molecule has 0 radical (unpaired) electrons. The summed E-state index contributed by atoms with van der Waals surface area (Å²) >= 11 is 0. The first-order valence-electron chi connectivity index (χ1n) is 7.11. The van der Waals surface area contributed by atoms with E-state index in [0.29, 0.717) is 30.0 Å². The zero-order chi connectivity index (χ0) is 14.7. The Morgan fingerprint density at radius 2 is 1.90 bits per heavy atom. The Balaban J connectivity index is 1.98. The largest absolute Gasteiger partial charge is 0.310 e. The van der Waals surface area contributed by atoms with Gasteiger partial charge in [0.2, 0.25) is 0 Å². The van der Waals surface area contributed by atoms with Gasteiger partial charge in [-0.1, -0.05) is 13.8 Å². The first kappa shape index (κ1) is 14.9. The van der Waals surface area contributed by atoms with E-state index in [1.165, 1.54) is 18.6 Å². The summed E-state index contributed by atoms with van der Waals surface area (Å²) in [4.78, 5) is 10.2. The lowest BCUT2D eigenvalue weighted by molar-refractivity contribution is -0.385. The van der Waals surface area contributed by atoms with Crippen LogP contribution in [0, 0.1) is 27.8 Å². The number of nitrogens with zero attached hydrogens (tertiary/aromatic N) is 1. The van der Waals surface area contributed by atoms with Crippen LogP contribution in [0.2, 0.25) is 0 Å². The van der Waals surface area contributed by atoms with Crippen LogP contribution in [0.5, 0.6) is 0 Å². The number of nitro benzene ring substituents is 1.